The van der Waals surface area contributed by atoms with Crippen LogP contribution in [0.25, 0.3) is 0 Å². The quantitative estimate of drug-likeness (QED) is 0.192. The van der Waals surface area contributed by atoms with Gasteiger partial charge in [-0.25, -0.2) is 4.79 Å². The largest absolute Gasteiger partial charge is 0.462 e. The van der Waals surface area contributed by atoms with Crippen LogP contribution in [0.15, 0.2) is 83.8 Å². The van der Waals surface area contributed by atoms with E-state index in [-0.39, 0.29) is 5.97 Å². The molecule has 0 aliphatic rings. The molecule has 2 rings (SSSR count). The van der Waals surface area contributed by atoms with Gasteiger partial charge in [0.05, 0.1) is 17.9 Å². The smallest absolute Gasteiger partial charge is 0.338 e. The number of hydrogen-bond donors (Lipinski definition) is 1. The highest BCUT2D eigenvalue weighted by Gasteiger charge is 2.21. The zero-order valence-electron chi connectivity index (χ0n) is 21.8. The molecule has 0 unspecified atom stereocenters. The van der Waals surface area contributed by atoms with E-state index in [1.165, 1.54) is 0 Å². The van der Waals surface area contributed by atoms with Gasteiger partial charge in [-0.2, -0.15) is 0 Å². The van der Waals surface area contributed by atoms with Gasteiger partial charge in [0.25, 0.3) is 11.7 Å². The number of carbonyl (C=O) groups excluding carboxylic acids is 3. The summed E-state index contributed by atoms with van der Waals surface area (Å²) in [6, 6.07) is 7.16. The van der Waals surface area contributed by atoms with E-state index in [4.69, 9.17) is 4.74 Å². The van der Waals surface area contributed by atoms with Gasteiger partial charge in [-0.15, -0.1) is 0 Å². The Hall–Kier alpha value is -4.06. The van der Waals surface area contributed by atoms with Crippen LogP contribution in [0.1, 0.15) is 54.7 Å². The maximum Gasteiger partial charge on any atom is 0.338 e. The standard InChI is InChI=1S/C30H34N2O4/c1-7-9-10-11-21(4)26(28(33)29(34)32-27-22(5)18-31-19-23(27)6)17-20(3)16-24-12-14-25(15-13-24)30(35)36-8-2/h7,9-15,17-19H,8,16H2,1-6H3,(H,31,32,34)/b9-7-,11-10-,20-17+,26-21-. The van der Waals surface area contributed by atoms with Crippen LogP contribution in [0, 0.1) is 13.8 Å². The third-order valence-electron chi connectivity index (χ3n) is 5.43. The summed E-state index contributed by atoms with van der Waals surface area (Å²) in [6.07, 6.45) is 13.0. The molecule has 2 aromatic rings. The van der Waals surface area contributed by atoms with E-state index in [1.807, 2.05) is 58.1 Å². The van der Waals surface area contributed by atoms with Crippen molar-refractivity contribution in [2.45, 2.75) is 48.0 Å². The molecule has 188 valence electrons. The van der Waals surface area contributed by atoms with Crippen LogP contribution in [0.2, 0.25) is 0 Å². The topological polar surface area (TPSA) is 85.4 Å². The second kappa shape index (κ2) is 13.7. The lowest BCUT2D eigenvalue weighted by Gasteiger charge is -2.12. The lowest BCUT2D eigenvalue weighted by atomic mass is 9.97. The SMILES string of the molecule is C\C=C/C=C\C(C)=C(\C=C(/C)Cc1ccc(C(=O)OCC)cc1)C(=O)C(=O)Nc1c(C)cncc1C. The van der Waals surface area contributed by atoms with Crippen molar-refractivity contribution in [3.05, 3.63) is 106 Å². The summed E-state index contributed by atoms with van der Waals surface area (Å²) < 4.78 is 5.03. The van der Waals surface area contributed by atoms with Gasteiger partial charge in [0.1, 0.15) is 0 Å². The molecule has 0 aliphatic heterocycles. The van der Waals surface area contributed by atoms with Crippen molar-refractivity contribution in [3.8, 4) is 0 Å². The number of esters is 1. The molecular formula is C30H34N2O4. The fourth-order valence-corrected chi connectivity index (χ4v) is 3.54. The Labute approximate surface area is 213 Å². The van der Waals surface area contributed by atoms with Gasteiger partial charge < -0.3 is 10.1 Å². The van der Waals surface area contributed by atoms with Crippen LogP contribution < -0.4 is 5.32 Å². The molecule has 1 N–H and O–H groups in total. The Morgan fingerprint density at radius 3 is 2.22 bits per heavy atom. The van der Waals surface area contributed by atoms with E-state index in [0.717, 1.165) is 22.3 Å². The number of Topliss-reactive ketones (excluding diaryl/α,β-unsaturated/α-hetero) is 1. The average Bonchev–Trinajstić information content (AvgIpc) is 2.85. The number of benzene rings is 1. The summed E-state index contributed by atoms with van der Waals surface area (Å²) >= 11 is 0. The molecule has 1 aromatic heterocycles. The maximum atomic E-state index is 13.3. The van der Waals surface area contributed by atoms with E-state index in [9.17, 15) is 14.4 Å². The van der Waals surface area contributed by atoms with Crippen LogP contribution in [0.4, 0.5) is 5.69 Å². The number of rotatable bonds is 10. The summed E-state index contributed by atoms with van der Waals surface area (Å²) in [4.78, 5) is 42.2. The monoisotopic (exact) mass is 486 g/mol. The van der Waals surface area contributed by atoms with Gasteiger partial charge in [0.15, 0.2) is 0 Å². The van der Waals surface area contributed by atoms with E-state index < -0.39 is 11.7 Å². The van der Waals surface area contributed by atoms with Gasteiger partial charge in [-0.3, -0.25) is 14.6 Å². The number of aryl methyl sites for hydroxylation is 2. The Balaban J connectivity index is 2.33. The van der Waals surface area contributed by atoms with Gasteiger partial charge in [0, 0.05) is 18.0 Å². The molecular weight excluding hydrogens is 452 g/mol. The first kappa shape index (κ1) is 28.2. The second-order valence-corrected chi connectivity index (χ2v) is 8.50. The Morgan fingerprint density at radius 2 is 1.64 bits per heavy atom. The van der Waals surface area contributed by atoms with Crippen molar-refractivity contribution in [1.82, 2.24) is 4.98 Å². The van der Waals surface area contributed by atoms with Gasteiger partial charge in [0.2, 0.25) is 0 Å². The van der Waals surface area contributed by atoms with Crippen LogP contribution in [0.5, 0.6) is 0 Å². The first-order valence-electron chi connectivity index (χ1n) is 11.9. The lowest BCUT2D eigenvalue weighted by molar-refractivity contribution is -0.132. The molecule has 0 spiro atoms. The molecule has 6 nitrogen and oxygen atoms in total. The molecule has 0 fully saturated rings. The van der Waals surface area contributed by atoms with Gasteiger partial charge in [-0.05, 0) is 82.4 Å². The summed E-state index contributed by atoms with van der Waals surface area (Å²) in [5, 5.41) is 2.76. The van der Waals surface area contributed by atoms with E-state index in [2.05, 4.69) is 10.3 Å². The zero-order chi connectivity index (χ0) is 26.7. The molecule has 6 heteroatoms. The van der Waals surface area contributed by atoms with E-state index >= 15 is 0 Å². The molecule has 1 amide bonds. The highest BCUT2D eigenvalue weighted by molar-refractivity contribution is 6.47. The first-order chi connectivity index (χ1) is 17.2. The molecule has 0 atom stereocenters. The number of hydrogen-bond acceptors (Lipinski definition) is 5. The van der Waals surface area contributed by atoms with E-state index in [0.29, 0.717) is 35.4 Å². The van der Waals surface area contributed by atoms with Crippen LogP contribution >= 0.6 is 0 Å². The number of amides is 1. The fraction of sp³-hybridized carbons (Fsp3) is 0.267. The number of pyridine rings is 1. The number of anilines is 1. The van der Waals surface area contributed by atoms with Crippen LogP contribution in [0.3, 0.4) is 0 Å². The number of carbonyl (C=O) groups is 3. The lowest BCUT2D eigenvalue weighted by Crippen LogP contribution is -2.25. The molecule has 0 saturated carbocycles. The van der Waals surface area contributed by atoms with Crippen LogP contribution in [-0.4, -0.2) is 29.3 Å². The first-order valence-corrected chi connectivity index (χ1v) is 11.9. The minimum absolute atomic E-state index is 0.318. The number of ketones is 1. The third kappa shape index (κ3) is 8.01. The molecule has 36 heavy (non-hydrogen) atoms. The number of allylic oxidation sites excluding steroid dienone is 7. The maximum absolute atomic E-state index is 13.3. The molecule has 0 bridgehead atoms. The van der Waals surface area contributed by atoms with Gasteiger partial charge in [-0.1, -0.05) is 48.1 Å². The van der Waals surface area contributed by atoms with Gasteiger partial charge >= 0.3 is 5.97 Å². The minimum Gasteiger partial charge on any atom is -0.462 e. The number of ether oxygens (including phenoxy) is 1. The van der Waals surface area contributed by atoms with Crippen molar-refractivity contribution < 1.29 is 19.1 Å². The highest BCUT2D eigenvalue weighted by atomic mass is 16.5. The molecule has 0 radical (unpaired) electrons. The average molecular weight is 487 g/mol. The number of aromatic nitrogens is 1. The van der Waals surface area contributed by atoms with Crippen molar-refractivity contribution in [3.63, 3.8) is 0 Å². The zero-order valence-corrected chi connectivity index (χ0v) is 21.8. The predicted octanol–water partition coefficient (Wildman–Crippen LogP) is 6.02. The summed E-state index contributed by atoms with van der Waals surface area (Å²) in [6.45, 7) is 11.4. The summed E-state index contributed by atoms with van der Waals surface area (Å²) in [5.74, 6) is -1.68. The highest BCUT2D eigenvalue weighted by Crippen LogP contribution is 2.20. The molecule has 1 aromatic carbocycles. The Bertz CT molecular complexity index is 1210. The van der Waals surface area contributed by atoms with E-state index in [1.54, 1.807) is 50.5 Å². The normalized spacial score (nSPS) is 12.6. The Kier molecular flexibility index (Phi) is 10.7. The minimum atomic E-state index is -0.705. The third-order valence-corrected chi connectivity index (χ3v) is 5.43. The number of nitrogens with one attached hydrogen (secondary N) is 1. The summed E-state index contributed by atoms with van der Waals surface area (Å²) in [7, 11) is 0. The summed E-state index contributed by atoms with van der Waals surface area (Å²) in [5.41, 5.74) is 5.50. The second-order valence-electron chi connectivity index (χ2n) is 8.50. The molecule has 1 heterocycles. The van der Waals surface area contributed by atoms with Crippen LogP contribution in [-0.2, 0) is 20.7 Å². The Morgan fingerprint density at radius 1 is 1.00 bits per heavy atom. The fourth-order valence-electron chi connectivity index (χ4n) is 3.54. The molecule has 0 aliphatic carbocycles. The molecule has 0 saturated heterocycles. The number of nitrogens with zero attached hydrogens (tertiary/aromatic N) is 1. The van der Waals surface area contributed by atoms with Crippen molar-refractivity contribution in [1.29, 1.82) is 0 Å². The van der Waals surface area contributed by atoms with Crippen molar-refractivity contribution >= 4 is 23.3 Å². The van der Waals surface area contributed by atoms with Crippen molar-refractivity contribution in [2.75, 3.05) is 11.9 Å². The van der Waals surface area contributed by atoms with Crippen molar-refractivity contribution in [2.24, 2.45) is 0 Å². The predicted molar refractivity (Wildman–Crippen MR) is 144 cm³/mol.